The molecule has 0 aliphatic heterocycles. The summed E-state index contributed by atoms with van der Waals surface area (Å²) in [5, 5.41) is 5.92. The van der Waals surface area contributed by atoms with E-state index in [-0.39, 0.29) is 5.91 Å². The van der Waals surface area contributed by atoms with Gasteiger partial charge in [-0.25, -0.2) is 9.97 Å². The van der Waals surface area contributed by atoms with E-state index < -0.39 is 0 Å². The van der Waals surface area contributed by atoms with E-state index in [9.17, 15) is 4.79 Å². The Morgan fingerprint density at radius 2 is 2.14 bits per heavy atom. The van der Waals surface area contributed by atoms with Crippen LogP contribution >= 0.6 is 0 Å². The lowest BCUT2D eigenvalue weighted by Crippen LogP contribution is -2.26. The van der Waals surface area contributed by atoms with Gasteiger partial charge in [-0.05, 0) is 31.0 Å². The lowest BCUT2D eigenvalue weighted by molar-refractivity contribution is 0.0943. The lowest BCUT2D eigenvalue weighted by atomic mass is 10.2. The number of carbonyl (C=O) groups excluding carboxylic acids is 1. The molecule has 0 unspecified atom stereocenters. The van der Waals surface area contributed by atoms with Crippen molar-refractivity contribution in [1.82, 2.24) is 15.3 Å². The number of benzene rings is 1. The van der Waals surface area contributed by atoms with Crippen molar-refractivity contribution >= 4 is 17.4 Å². The van der Waals surface area contributed by atoms with E-state index in [0.717, 1.165) is 17.7 Å². The first-order valence-corrected chi connectivity index (χ1v) is 7.12. The zero-order valence-electron chi connectivity index (χ0n) is 12.8. The van der Waals surface area contributed by atoms with Gasteiger partial charge in [0.25, 0.3) is 5.91 Å². The summed E-state index contributed by atoms with van der Waals surface area (Å²) in [4.78, 5) is 20.2. The standard InChI is InChI=1S/C16H20N4O2/c1-12-5-3-6-13(9-12)20-15-11-18-14(10-19-15)16(21)17-7-4-8-22-2/h3,5-6,9-11H,4,7-8H2,1-2H3,(H,17,21)(H,19,20). The molecule has 1 aromatic heterocycles. The molecule has 0 aliphatic carbocycles. The maximum atomic E-state index is 11.8. The minimum atomic E-state index is -0.231. The topological polar surface area (TPSA) is 76.1 Å². The number of nitrogens with one attached hydrogen (secondary N) is 2. The van der Waals surface area contributed by atoms with Gasteiger partial charge in [-0.3, -0.25) is 4.79 Å². The third-order valence-corrected chi connectivity index (χ3v) is 2.99. The van der Waals surface area contributed by atoms with Crippen molar-refractivity contribution in [2.24, 2.45) is 0 Å². The number of aryl methyl sites for hydroxylation is 1. The fraction of sp³-hybridized carbons (Fsp3) is 0.312. The maximum absolute atomic E-state index is 11.8. The van der Waals surface area contributed by atoms with Crippen LogP contribution in [0, 0.1) is 6.92 Å². The Morgan fingerprint density at radius 1 is 1.27 bits per heavy atom. The van der Waals surface area contributed by atoms with Gasteiger partial charge in [0.1, 0.15) is 11.5 Å². The number of aromatic nitrogens is 2. The Balaban J connectivity index is 1.91. The maximum Gasteiger partial charge on any atom is 0.271 e. The molecular formula is C16H20N4O2. The van der Waals surface area contributed by atoms with Crippen LogP contribution in [0.25, 0.3) is 0 Å². The molecular weight excluding hydrogens is 280 g/mol. The van der Waals surface area contributed by atoms with E-state index in [0.29, 0.717) is 24.7 Å². The summed E-state index contributed by atoms with van der Waals surface area (Å²) in [6.45, 7) is 3.19. The van der Waals surface area contributed by atoms with Crippen LogP contribution in [0.4, 0.5) is 11.5 Å². The molecule has 116 valence electrons. The van der Waals surface area contributed by atoms with E-state index in [1.54, 1.807) is 13.3 Å². The number of amides is 1. The molecule has 1 heterocycles. The Labute approximate surface area is 129 Å². The van der Waals surface area contributed by atoms with Gasteiger partial charge in [0.15, 0.2) is 0 Å². The van der Waals surface area contributed by atoms with Gasteiger partial charge in [-0.2, -0.15) is 0 Å². The van der Waals surface area contributed by atoms with Crippen molar-refractivity contribution in [2.45, 2.75) is 13.3 Å². The molecule has 1 aromatic carbocycles. The van der Waals surface area contributed by atoms with Gasteiger partial charge in [0, 0.05) is 25.9 Å². The van der Waals surface area contributed by atoms with Gasteiger partial charge < -0.3 is 15.4 Å². The Morgan fingerprint density at radius 3 is 2.82 bits per heavy atom. The highest BCUT2D eigenvalue weighted by Crippen LogP contribution is 2.14. The first-order valence-electron chi connectivity index (χ1n) is 7.12. The van der Waals surface area contributed by atoms with Crippen molar-refractivity contribution in [3.8, 4) is 0 Å². The molecule has 2 rings (SSSR count). The molecule has 0 aliphatic rings. The smallest absolute Gasteiger partial charge is 0.271 e. The summed E-state index contributed by atoms with van der Waals surface area (Å²) in [6.07, 6.45) is 3.78. The minimum absolute atomic E-state index is 0.231. The van der Waals surface area contributed by atoms with Gasteiger partial charge >= 0.3 is 0 Å². The summed E-state index contributed by atoms with van der Waals surface area (Å²) < 4.78 is 4.92. The van der Waals surface area contributed by atoms with E-state index in [1.807, 2.05) is 31.2 Å². The molecule has 6 nitrogen and oxygen atoms in total. The molecule has 0 saturated carbocycles. The van der Waals surface area contributed by atoms with Crippen LogP contribution in [0.5, 0.6) is 0 Å². The van der Waals surface area contributed by atoms with E-state index in [1.165, 1.54) is 6.20 Å². The Kier molecular flexibility index (Phi) is 5.85. The van der Waals surface area contributed by atoms with Gasteiger partial charge in [-0.1, -0.05) is 12.1 Å². The predicted octanol–water partition coefficient (Wildman–Crippen LogP) is 2.29. The van der Waals surface area contributed by atoms with Gasteiger partial charge in [-0.15, -0.1) is 0 Å². The normalized spacial score (nSPS) is 10.3. The van der Waals surface area contributed by atoms with Crippen LogP contribution in [-0.2, 0) is 4.74 Å². The highest BCUT2D eigenvalue weighted by atomic mass is 16.5. The molecule has 0 atom stereocenters. The van der Waals surface area contributed by atoms with E-state index >= 15 is 0 Å². The second kappa shape index (κ2) is 8.09. The highest BCUT2D eigenvalue weighted by Gasteiger charge is 2.07. The van der Waals surface area contributed by atoms with Crippen LogP contribution < -0.4 is 10.6 Å². The van der Waals surface area contributed by atoms with Crippen molar-refractivity contribution in [3.63, 3.8) is 0 Å². The van der Waals surface area contributed by atoms with Crippen molar-refractivity contribution < 1.29 is 9.53 Å². The second-order valence-electron chi connectivity index (χ2n) is 4.88. The average molecular weight is 300 g/mol. The van der Waals surface area contributed by atoms with Crippen LogP contribution in [0.15, 0.2) is 36.7 Å². The zero-order chi connectivity index (χ0) is 15.8. The molecule has 0 spiro atoms. The summed E-state index contributed by atoms with van der Waals surface area (Å²) >= 11 is 0. The summed E-state index contributed by atoms with van der Waals surface area (Å²) in [5.74, 6) is 0.368. The SMILES string of the molecule is COCCCNC(=O)c1cnc(Nc2cccc(C)c2)cn1. The number of anilines is 2. The minimum Gasteiger partial charge on any atom is -0.385 e. The monoisotopic (exact) mass is 300 g/mol. The van der Waals surface area contributed by atoms with E-state index in [4.69, 9.17) is 4.74 Å². The number of hydrogen-bond acceptors (Lipinski definition) is 5. The van der Waals surface area contributed by atoms with Crippen molar-refractivity contribution in [2.75, 3.05) is 25.6 Å². The summed E-state index contributed by atoms with van der Waals surface area (Å²) in [7, 11) is 1.63. The third kappa shape index (κ3) is 4.82. The largest absolute Gasteiger partial charge is 0.385 e. The number of hydrogen-bond donors (Lipinski definition) is 2. The number of methoxy groups -OCH3 is 1. The molecule has 2 aromatic rings. The van der Waals surface area contributed by atoms with Crippen molar-refractivity contribution in [3.05, 3.63) is 47.9 Å². The summed E-state index contributed by atoms with van der Waals surface area (Å²) in [6, 6.07) is 7.95. The quantitative estimate of drug-likeness (QED) is 0.767. The second-order valence-corrected chi connectivity index (χ2v) is 4.88. The average Bonchev–Trinajstić information content (AvgIpc) is 2.52. The Hall–Kier alpha value is -2.47. The molecule has 0 bridgehead atoms. The molecule has 22 heavy (non-hydrogen) atoms. The van der Waals surface area contributed by atoms with Crippen LogP contribution in [0.1, 0.15) is 22.5 Å². The van der Waals surface area contributed by atoms with Crippen LogP contribution in [0.2, 0.25) is 0 Å². The van der Waals surface area contributed by atoms with Crippen molar-refractivity contribution in [1.29, 1.82) is 0 Å². The zero-order valence-corrected chi connectivity index (χ0v) is 12.8. The number of carbonyl (C=O) groups is 1. The fourth-order valence-corrected chi connectivity index (χ4v) is 1.89. The number of ether oxygens (including phenoxy) is 1. The fourth-order valence-electron chi connectivity index (χ4n) is 1.89. The molecule has 1 amide bonds. The number of rotatable bonds is 7. The first-order chi connectivity index (χ1) is 10.7. The van der Waals surface area contributed by atoms with Gasteiger partial charge in [0.2, 0.25) is 0 Å². The lowest BCUT2D eigenvalue weighted by Gasteiger charge is -2.07. The molecule has 0 saturated heterocycles. The number of nitrogens with zero attached hydrogens (tertiary/aromatic N) is 2. The molecule has 2 N–H and O–H groups in total. The van der Waals surface area contributed by atoms with Crippen LogP contribution in [0.3, 0.4) is 0 Å². The predicted molar refractivity (Wildman–Crippen MR) is 85.3 cm³/mol. The Bertz CT molecular complexity index is 614. The first kappa shape index (κ1) is 15.9. The van der Waals surface area contributed by atoms with E-state index in [2.05, 4.69) is 20.6 Å². The van der Waals surface area contributed by atoms with Crippen LogP contribution in [-0.4, -0.2) is 36.1 Å². The third-order valence-electron chi connectivity index (χ3n) is 2.99. The summed E-state index contributed by atoms with van der Waals surface area (Å²) in [5.41, 5.74) is 2.39. The highest BCUT2D eigenvalue weighted by molar-refractivity contribution is 5.92. The molecule has 0 radical (unpaired) electrons. The molecule has 6 heteroatoms. The van der Waals surface area contributed by atoms with Gasteiger partial charge in [0.05, 0.1) is 12.4 Å². The molecule has 0 fully saturated rings.